The monoisotopic (exact) mass is 277 g/mol. The predicted molar refractivity (Wildman–Crippen MR) is 63.9 cm³/mol. The van der Waals surface area contributed by atoms with Gasteiger partial charge in [-0.2, -0.15) is 0 Å². The van der Waals surface area contributed by atoms with Crippen LogP contribution in [0.2, 0.25) is 0 Å². The fourth-order valence-corrected chi connectivity index (χ4v) is 1.48. The molecule has 0 radical (unpaired) electrons. The number of esters is 2. The quantitative estimate of drug-likeness (QED) is 0.366. The Bertz CT molecular complexity index is 331. The lowest BCUT2D eigenvalue weighted by atomic mass is 9.97. The highest BCUT2D eigenvalue weighted by Gasteiger charge is 2.42. The minimum atomic E-state index is -2.20. The van der Waals surface area contributed by atoms with Gasteiger partial charge in [-0.1, -0.05) is 0 Å². The van der Waals surface area contributed by atoms with Gasteiger partial charge in [0.2, 0.25) is 12.1 Å². The Labute approximate surface area is 110 Å². The maximum atomic E-state index is 11.5. The minimum absolute atomic E-state index is 0.0106. The second kappa shape index (κ2) is 8.41. The Hall–Kier alpha value is -1.70. The molecule has 0 saturated carbocycles. The van der Waals surface area contributed by atoms with Crippen LogP contribution in [0, 0.1) is 10.1 Å². The topological polar surface area (TPSA) is 116 Å². The molecule has 0 aliphatic heterocycles. The van der Waals surface area contributed by atoms with Crippen LogP contribution in [0.15, 0.2) is 0 Å². The van der Waals surface area contributed by atoms with Gasteiger partial charge in [0, 0.05) is 11.3 Å². The number of rotatable bonds is 9. The number of nitro groups is 1. The number of nitrogens with zero attached hydrogens (tertiary/aromatic N) is 1. The third-order valence-electron chi connectivity index (χ3n) is 2.32. The molecular formula is C11H19NO7. The summed E-state index contributed by atoms with van der Waals surface area (Å²) in [5.74, 6) is -1.52. The van der Waals surface area contributed by atoms with Crippen LogP contribution in [0.1, 0.15) is 33.1 Å². The van der Waals surface area contributed by atoms with E-state index in [1.165, 1.54) is 6.92 Å². The molecule has 19 heavy (non-hydrogen) atoms. The first kappa shape index (κ1) is 17.3. The summed E-state index contributed by atoms with van der Waals surface area (Å²) in [7, 11) is 0. The molecule has 1 N–H and O–H groups in total. The van der Waals surface area contributed by atoms with Gasteiger partial charge >= 0.3 is 11.9 Å². The zero-order valence-electron chi connectivity index (χ0n) is 11.1. The Morgan fingerprint density at radius 2 is 1.84 bits per heavy atom. The van der Waals surface area contributed by atoms with E-state index in [1.807, 2.05) is 0 Å². The minimum Gasteiger partial charge on any atom is -0.466 e. The molecule has 0 aliphatic rings. The number of aliphatic hydroxyl groups is 1. The molecule has 0 bridgehead atoms. The molecular weight excluding hydrogens is 258 g/mol. The average molecular weight is 277 g/mol. The highest BCUT2D eigenvalue weighted by molar-refractivity contribution is 5.79. The van der Waals surface area contributed by atoms with Gasteiger partial charge in [-0.15, -0.1) is 0 Å². The highest BCUT2D eigenvalue weighted by Crippen LogP contribution is 2.17. The molecule has 0 unspecified atom stereocenters. The van der Waals surface area contributed by atoms with Crippen molar-refractivity contribution in [1.29, 1.82) is 0 Å². The summed E-state index contributed by atoms with van der Waals surface area (Å²) in [5, 5.41) is 20.4. The number of carbonyl (C=O) groups is 2. The summed E-state index contributed by atoms with van der Waals surface area (Å²) < 4.78 is 9.28. The highest BCUT2D eigenvalue weighted by atomic mass is 16.6. The van der Waals surface area contributed by atoms with Crippen LogP contribution in [-0.4, -0.2) is 47.3 Å². The molecule has 0 spiro atoms. The van der Waals surface area contributed by atoms with E-state index in [9.17, 15) is 24.8 Å². The van der Waals surface area contributed by atoms with Crippen LogP contribution in [0.3, 0.4) is 0 Å². The van der Waals surface area contributed by atoms with E-state index in [-0.39, 0.29) is 32.5 Å². The van der Waals surface area contributed by atoms with E-state index in [0.29, 0.717) is 0 Å². The molecule has 0 aromatic rings. The van der Waals surface area contributed by atoms with E-state index in [2.05, 4.69) is 9.47 Å². The molecule has 0 heterocycles. The van der Waals surface area contributed by atoms with Crippen molar-refractivity contribution < 1.29 is 29.1 Å². The molecule has 0 aromatic carbocycles. The lowest BCUT2D eigenvalue weighted by Crippen LogP contribution is -2.46. The third-order valence-corrected chi connectivity index (χ3v) is 2.32. The van der Waals surface area contributed by atoms with Gasteiger partial charge in [-0.25, -0.2) is 4.79 Å². The molecule has 0 saturated heterocycles. The lowest BCUT2D eigenvalue weighted by Gasteiger charge is -2.21. The van der Waals surface area contributed by atoms with Crippen LogP contribution in [-0.2, 0) is 19.1 Å². The summed E-state index contributed by atoms with van der Waals surface area (Å²) in [6, 6.07) is 0. The van der Waals surface area contributed by atoms with Crippen LogP contribution < -0.4 is 0 Å². The van der Waals surface area contributed by atoms with Crippen molar-refractivity contribution in [2.24, 2.45) is 0 Å². The Morgan fingerprint density at radius 3 is 2.32 bits per heavy atom. The maximum absolute atomic E-state index is 11.5. The lowest BCUT2D eigenvalue weighted by molar-refractivity contribution is -0.497. The number of carbonyl (C=O) groups excluding carboxylic acids is 2. The predicted octanol–water partition coefficient (Wildman–Crippen LogP) is 0.291. The van der Waals surface area contributed by atoms with Gasteiger partial charge in [0.15, 0.2) is 0 Å². The summed E-state index contributed by atoms with van der Waals surface area (Å²) in [5.41, 5.74) is -2.20. The smallest absolute Gasteiger partial charge is 0.345 e. The molecule has 8 nitrogen and oxygen atoms in total. The summed E-state index contributed by atoms with van der Waals surface area (Å²) >= 11 is 0. The van der Waals surface area contributed by atoms with Gasteiger partial charge in [0.05, 0.1) is 13.2 Å². The fourth-order valence-electron chi connectivity index (χ4n) is 1.48. The first-order valence-corrected chi connectivity index (χ1v) is 6.02. The fraction of sp³-hybridized carbons (Fsp3) is 0.818. The molecule has 0 aliphatic carbocycles. The van der Waals surface area contributed by atoms with E-state index in [1.54, 1.807) is 6.92 Å². The number of ether oxygens (including phenoxy) is 2. The van der Waals surface area contributed by atoms with E-state index in [4.69, 9.17) is 0 Å². The summed E-state index contributed by atoms with van der Waals surface area (Å²) in [6.45, 7) is 2.48. The molecule has 0 amide bonds. The van der Waals surface area contributed by atoms with Crippen molar-refractivity contribution in [3.05, 3.63) is 10.1 Å². The normalized spacial score (nSPS) is 13.4. The van der Waals surface area contributed by atoms with Crippen molar-refractivity contribution in [2.45, 2.75) is 38.7 Å². The first-order chi connectivity index (χ1) is 8.85. The Kier molecular flexibility index (Phi) is 7.66. The van der Waals surface area contributed by atoms with Gasteiger partial charge in [0.1, 0.15) is 0 Å². The average Bonchev–Trinajstić information content (AvgIpc) is 2.28. The van der Waals surface area contributed by atoms with Gasteiger partial charge in [-0.3, -0.25) is 14.9 Å². The van der Waals surface area contributed by atoms with Crippen molar-refractivity contribution in [2.75, 3.05) is 19.8 Å². The maximum Gasteiger partial charge on any atom is 0.345 e. The second-order valence-corrected chi connectivity index (χ2v) is 3.90. The molecule has 110 valence electrons. The second-order valence-electron chi connectivity index (χ2n) is 3.90. The number of hydrogen-bond acceptors (Lipinski definition) is 7. The van der Waals surface area contributed by atoms with Gasteiger partial charge < -0.3 is 14.6 Å². The molecule has 0 aromatic heterocycles. The molecule has 0 fully saturated rings. The van der Waals surface area contributed by atoms with Crippen LogP contribution >= 0.6 is 0 Å². The van der Waals surface area contributed by atoms with Gasteiger partial charge in [0.25, 0.3) is 0 Å². The van der Waals surface area contributed by atoms with Gasteiger partial charge in [-0.05, 0) is 26.7 Å². The molecule has 0 rings (SSSR count). The van der Waals surface area contributed by atoms with E-state index in [0.717, 1.165) is 0 Å². The zero-order chi connectivity index (χ0) is 14.9. The standard InChI is InChI=1S/C11H19NO7/c1-3-18-9(13)6-5-7-11(15,8-12(16)17)10(14)19-4-2/h15H,3-8H2,1-2H3/t11-/m0/s1. The van der Waals surface area contributed by atoms with Crippen LogP contribution in [0.25, 0.3) is 0 Å². The zero-order valence-corrected chi connectivity index (χ0v) is 11.1. The summed E-state index contributed by atoms with van der Waals surface area (Å²) in [6.07, 6.45) is -0.152. The Morgan fingerprint density at radius 1 is 1.26 bits per heavy atom. The molecule has 8 heteroatoms. The summed E-state index contributed by atoms with van der Waals surface area (Å²) in [4.78, 5) is 32.3. The van der Waals surface area contributed by atoms with E-state index < -0.39 is 29.0 Å². The van der Waals surface area contributed by atoms with E-state index >= 15 is 0 Å². The first-order valence-electron chi connectivity index (χ1n) is 6.02. The van der Waals surface area contributed by atoms with Crippen LogP contribution in [0.4, 0.5) is 0 Å². The third kappa shape index (κ3) is 6.70. The molecule has 1 atom stereocenters. The van der Waals surface area contributed by atoms with Crippen molar-refractivity contribution >= 4 is 11.9 Å². The largest absolute Gasteiger partial charge is 0.466 e. The number of hydrogen-bond donors (Lipinski definition) is 1. The van der Waals surface area contributed by atoms with Crippen molar-refractivity contribution in [3.8, 4) is 0 Å². The SMILES string of the molecule is CCOC(=O)CCC[C@](O)(C[N+](=O)[O-])C(=O)OCC. The Balaban J connectivity index is 4.46. The van der Waals surface area contributed by atoms with Crippen molar-refractivity contribution in [1.82, 2.24) is 0 Å². The van der Waals surface area contributed by atoms with Crippen LogP contribution in [0.5, 0.6) is 0 Å². The van der Waals surface area contributed by atoms with Crippen molar-refractivity contribution in [3.63, 3.8) is 0 Å².